The van der Waals surface area contributed by atoms with Crippen molar-refractivity contribution in [2.24, 2.45) is 5.92 Å². The number of nitrogens with zero attached hydrogens (tertiary/aromatic N) is 2. The standard InChI is InChI=1S/C19H28N2O2/c1-2-23-18-10-6-5-9-17(18)20-11-13-21(14-12-20)19(22)15-16-7-3-4-8-16/h5-6,9-10,16H,2-4,7-8,11-15H2,1H3. The number of para-hydroxylation sites is 2. The van der Waals surface area contributed by atoms with Gasteiger partial charge in [-0.05, 0) is 37.8 Å². The zero-order valence-electron chi connectivity index (χ0n) is 14.2. The second-order valence-corrected chi connectivity index (χ2v) is 6.62. The summed E-state index contributed by atoms with van der Waals surface area (Å²) < 4.78 is 5.73. The number of carbonyl (C=O) groups is 1. The number of anilines is 1. The Kier molecular flexibility index (Phi) is 5.42. The maximum absolute atomic E-state index is 12.4. The van der Waals surface area contributed by atoms with E-state index in [-0.39, 0.29) is 0 Å². The number of amides is 1. The van der Waals surface area contributed by atoms with Crippen molar-refractivity contribution in [3.05, 3.63) is 24.3 Å². The van der Waals surface area contributed by atoms with Gasteiger partial charge in [0, 0.05) is 32.6 Å². The molecule has 1 saturated heterocycles. The highest BCUT2D eigenvalue weighted by atomic mass is 16.5. The fraction of sp³-hybridized carbons (Fsp3) is 0.632. The number of rotatable bonds is 5. The van der Waals surface area contributed by atoms with Gasteiger partial charge in [0.15, 0.2) is 0 Å². The van der Waals surface area contributed by atoms with Crippen LogP contribution in [0, 0.1) is 5.92 Å². The number of benzene rings is 1. The highest BCUT2D eigenvalue weighted by Gasteiger charge is 2.25. The van der Waals surface area contributed by atoms with Crippen molar-refractivity contribution in [2.75, 3.05) is 37.7 Å². The molecule has 4 heteroatoms. The number of piperazine rings is 1. The number of hydrogen-bond acceptors (Lipinski definition) is 3. The molecule has 3 rings (SSSR count). The molecule has 1 aromatic rings. The molecule has 4 nitrogen and oxygen atoms in total. The van der Waals surface area contributed by atoms with Crippen molar-refractivity contribution in [3.63, 3.8) is 0 Å². The third-order valence-electron chi connectivity index (χ3n) is 5.08. The molecule has 1 saturated carbocycles. The third kappa shape index (κ3) is 3.98. The van der Waals surface area contributed by atoms with Gasteiger partial charge in [-0.15, -0.1) is 0 Å². The Bertz CT molecular complexity index is 518. The molecule has 0 atom stereocenters. The molecule has 1 amide bonds. The van der Waals surface area contributed by atoms with Crippen LogP contribution in [0.15, 0.2) is 24.3 Å². The molecule has 126 valence electrons. The first-order chi connectivity index (χ1) is 11.3. The smallest absolute Gasteiger partial charge is 0.222 e. The summed E-state index contributed by atoms with van der Waals surface area (Å²) >= 11 is 0. The third-order valence-corrected chi connectivity index (χ3v) is 5.08. The molecule has 0 N–H and O–H groups in total. The zero-order valence-corrected chi connectivity index (χ0v) is 14.2. The van der Waals surface area contributed by atoms with Crippen molar-refractivity contribution in [3.8, 4) is 5.75 Å². The lowest BCUT2D eigenvalue weighted by molar-refractivity contribution is -0.132. The largest absolute Gasteiger partial charge is 0.492 e. The van der Waals surface area contributed by atoms with Crippen molar-refractivity contribution >= 4 is 11.6 Å². The minimum absolute atomic E-state index is 0.356. The highest BCUT2D eigenvalue weighted by Crippen LogP contribution is 2.30. The van der Waals surface area contributed by atoms with Crippen LogP contribution in [-0.4, -0.2) is 43.6 Å². The summed E-state index contributed by atoms with van der Waals surface area (Å²) in [4.78, 5) is 16.8. The molecule has 2 aliphatic rings. The molecule has 0 spiro atoms. The summed E-state index contributed by atoms with van der Waals surface area (Å²) in [6.07, 6.45) is 5.86. The molecule has 1 aromatic carbocycles. The van der Waals surface area contributed by atoms with Gasteiger partial charge in [0.2, 0.25) is 5.91 Å². The van der Waals surface area contributed by atoms with Crippen LogP contribution in [0.2, 0.25) is 0 Å². The average molecular weight is 316 g/mol. The van der Waals surface area contributed by atoms with Gasteiger partial charge in [0.25, 0.3) is 0 Å². The van der Waals surface area contributed by atoms with Gasteiger partial charge in [-0.2, -0.15) is 0 Å². The van der Waals surface area contributed by atoms with E-state index in [0.29, 0.717) is 18.4 Å². The first-order valence-corrected chi connectivity index (χ1v) is 9.02. The van der Waals surface area contributed by atoms with Crippen LogP contribution < -0.4 is 9.64 Å². The van der Waals surface area contributed by atoms with Gasteiger partial charge >= 0.3 is 0 Å². The van der Waals surface area contributed by atoms with E-state index in [4.69, 9.17) is 4.74 Å². The SMILES string of the molecule is CCOc1ccccc1N1CCN(C(=O)CC2CCCC2)CC1. The second kappa shape index (κ2) is 7.71. The molecular formula is C19H28N2O2. The Labute approximate surface area is 139 Å². The fourth-order valence-corrected chi connectivity index (χ4v) is 3.78. The van der Waals surface area contributed by atoms with E-state index in [1.54, 1.807) is 0 Å². The average Bonchev–Trinajstić information content (AvgIpc) is 3.09. The molecule has 1 heterocycles. The predicted octanol–water partition coefficient (Wildman–Crippen LogP) is 3.31. The molecule has 1 aliphatic carbocycles. The summed E-state index contributed by atoms with van der Waals surface area (Å²) in [6.45, 7) is 6.12. The van der Waals surface area contributed by atoms with Gasteiger partial charge in [-0.25, -0.2) is 0 Å². The van der Waals surface area contributed by atoms with E-state index in [9.17, 15) is 4.79 Å². The van der Waals surface area contributed by atoms with Crippen LogP contribution in [0.5, 0.6) is 5.75 Å². The highest BCUT2D eigenvalue weighted by molar-refractivity contribution is 5.77. The molecule has 0 aromatic heterocycles. The Balaban J connectivity index is 1.54. The Morgan fingerprint density at radius 1 is 1.13 bits per heavy atom. The maximum Gasteiger partial charge on any atom is 0.222 e. The van der Waals surface area contributed by atoms with Gasteiger partial charge in [-0.1, -0.05) is 25.0 Å². The molecule has 2 fully saturated rings. The van der Waals surface area contributed by atoms with E-state index in [0.717, 1.165) is 44.0 Å². The van der Waals surface area contributed by atoms with Gasteiger partial charge < -0.3 is 14.5 Å². The van der Waals surface area contributed by atoms with Crippen molar-refractivity contribution < 1.29 is 9.53 Å². The maximum atomic E-state index is 12.4. The minimum atomic E-state index is 0.356. The molecule has 23 heavy (non-hydrogen) atoms. The quantitative estimate of drug-likeness (QED) is 0.835. The number of carbonyl (C=O) groups excluding carboxylic acids is 1. The van der Waals surface area contributed by atoms with Crippen LogP contribution in [0.1, 0.15) is 39.0 Å². The lowest BCUT2D eigenvalue weighted by Gasteiger charge is -2.37. The van der Waals surface area contributed by atoms with E-state index in [2.05, 4.69) is 21.9 Å². The zero-order chi connectivity index (χ0) is 16.1. The van der Waals surface area contributed by atoms with Gasteiger partial charge in [0.05, 0.1) is 12.3 Å². The summed E-state index contributed by atoms with van der Waals surface area (Å²) in [6, 6.07) is 8.20. The summed E-state index contributed by atoms with van der Waals surface area (Å²) in [5.41, 5.74) is 1.15. The van der Waals surface area contributed by atoms with E-state index in [1.807, 2.05) is 19.1 Å². The normalized spacial score (nSPS) is 19.2. The lowest BCUT2D eigenvalue weighted by atomic mass is 10.0. The fourth-order valence-electron chi connectivity index (χ4n) is 3.78. The van der Waals surface area contributed by atoms with Gasteiger partial charge in [0.1, 0.15) is 5.75 Å². The molecule has 0 radical (unpaired) electrons. The number of hydrogen-bond donors (Lipinski definition) is 0. The minimum Gasteiger partial charge on any atom is -0.492 e. The van der Waals surface area contributed by atoms with Crippen LogP contribution in [0.25, 0.3) is 0 Å². The lowest BCUT2D eigenvalue weighted by Crippen LogP contribution is -2.49. The molecule has 0 bridgehead atoms. The van der Waals surface area contributed by atoms with Crippen LogP contribution in [0.3, 0.4) is 0 Å². The van der Waals surface area contributed by atoms with Gasteiger partial charge in [-0.3, -0.25) is 4.79 Å². The Hall–Kier alpha value is -1.71. The van der Waals surface area contributed by atoms with E-state index >= 15 is 0 Å². The second-order valence-electron chi connectivity index (χ2n) is 6.62. The monoisotopic (exact) mass is 316 g/mol. The number of ether oxygens (including phenoxy) is 1. The van der Waals surface area contributed by atoms with Crippen LogP contribution in [-0.2, 0) is 4.79 Å². The first kappa shape index (κ1) is 16.2. The Morgan fingerprint density at radius 2 is 1.83 bits per heavy atom. The predicted molar refractivity (Wildman–Crippen MR) is 93.0 cm³/mol. The van der Waals surface area contributed by atoms with Crippen molar-refractivity contribution in [1.29, 1.82) is 0 Å². The first-order valence-electron chi connectivity index (χ1n) is 9.02. The van der Waals surface area contributed by atoms with E-state index < -0.39 is 0 Å². The van der Waals surface area contributed by atoms with E-state index in [1.165, 1.54) is 25.7 Å². The molecule has 0 unspecified atom stereocenters. The summed E-state index contributed by atoms with van der Waals surface area (Å²) in [7, 11) is 0. The van der Waals surface area contributed by atoms with Crippen molar-refractivity contribution in [1.82, 2.24) is 4.90 Å². The van der Waals surface area contributed by atoms with Crippen molar-refractivity contribution in [2.45, 2.75) is 39.0 Å². The van der Waals surface area contributed by atoms with Crippen LogP contribution >= 0.6 is 0 Å². The summed E-state index contributed by atoms with van der Waals surface area (Å²) in [5, 5.41) is 0. The Morgan fingerprint density at radius 3 is 2.52 bits per heavy atom. The topological polar surface area (TPSA) is 32.8 Å². The molecule has 1 aliphatic heterocycles. The van der Waals surface area contributed by atoms with Crippen LogP contribution in [0.4, 0.5) is 5.69 Å². The molecular weight excluding hydrogens is 288 g/mol. The summed E-state index contributed by atoms with van der Waals surface area (Å²) in [5.74, 6) is 1.94.